The maximum atomic E-state index is 11.9. The van der Waals surface area contributed by atoms with Crippen LogP contribution in [0.5, 0.6) is 0 Å². The molecule has 14 heavy (non-hydrogen) atoms. The number of hydrogen-bond donors (Lipinski definition) is 0. The first kappa shape index (κ1) is 11.0. The van der Waals surface area contributed by atoms with Gasteiger partial charge >= 0.3 is 0 Å². The van der Waals surface area contributed by atoms with Gasteiger partial charge in [0.05, 0.1) is 6.07 Å². The number of ether oxygens (including phenoxy) is 1. The van der Waals surface area contributed by atoms with Crippen molar-refractivity contribution in [2.45, 2.75) is 38.3 Å². The molecule has 1 amide bonds. The van der Waals surface area contributed by atoms with Crippen LogP contribution in [0.15, 0.2) is 0 Å². The maximum Gasteiger partial charge on any atom is 0.255 e. The average molecular weight is 196 g/mol. The van der Waals surface area contributed by atoms with Crippen LogP contribution in [0.25, 0.3) is 0 Å². The van der Waals surface area contributed by atoms with Crippen LogP contribution >= 0.6 is 0 Å². The second-order valence-corrected chi connectivity index (χ2v) is 4.00. The van der Waals surface area contributed by atoms with Gasteiger partial charge in [-0.1, -0.05) is 0 Å². The first-order valence-corrected chi connectivity index (χ1v) is 4.79. The van der Waals surface area contributed by atoms with Crippen molar-refractivity contribution < 1.29 is 9.53 Å². The quantitative estimate of drug-likeness (QED) is 0.660. The van der Waals surface area contributed by atoms with E-state index >= 15 is 0 Å². The third-order valence-electron chi connectivity index (χ3n) is 2.69. The van der Waals surface area contributed by atoms with Crippen LogP contribution in [0.4, 0.5) is 0 Å². The number of rotatable bonds is 2. The van der Waals surface area contributed by atoms with E-state index in [0.29, 0.717) is 6.54 Å². The Morgan fingerprint density at radius 3 is 2.79 bits per heavy atom. The number of amides is 1. The van der Waals surface area contributed by atoms with Crippen LogP contribution in [0, 0.1) is 11.3 Å². The van der Waals surface area contributed by atoms with Crippen molar-refractivity contribution in [1.29, 1.82) is 5.26 Å². The van der Waals surface area contributed by atoms with Crippen LogP contribution in [0.3, 0.4) is 0 Å². The lowest BCUT2D eigenvalue weighted by molar-refractivity contribution is -0.150. The molecule has 1 saturated heterocycles. The van der Waals surface area contributed by atoms with Gasteiger partial charge in [-0.15, -0.1) is 0 Å². The number of methoxy groups -OCH3 is 1. The first-order valence-electron chi connectivity index (χ1n) is 4.79. The molecular weight excluding hydrogens is 180 g/mol. The van der Waals surface area contributed by atoms with E-state index in [1.54, 1.807) is 18.7 Å². The van der Waals surface area contributed by atoms with Crippen LogP contribution in [-0.2, 0) is 9.53 Å². The van der Waals surface area contributed by atoms with Crippen LogP contribution in [0.2, 0.25) is 0 Å². The number of nitrogens with zero attached hydrogens (tertiary/aromatic N) is 2. The molecule has 0 radical (unpaired) electrons. The number of hydrogen-bond acceptors (Lipinski definition) is 3. The van der Waals surface area contributed by atoms with E-state index in [9.17, 15) is 4.79 Å². The lowest BCUT2D eigenvalue weighted by atomic mass is 10.1. The summed E-state index contributed by atoms with van der Waals surface area (Å²) in [5.41, 5.74) is -0.820. The van der Waals surface area contributed by atoms with Gasteiger partial charge in [-0.3, -0.25) is 4.79 Å². The van der Waals surface area contributed by atoms with Gasteiger partial charge in [0.2, 0.25) is 0 Å². The van der Waals surface area contributed by atoms with E-state index in [2.05, 4.69) is 6.07 Å². The molecule has 4 heteroatoms. The number of likely N-dealkylation sites (tertiary alicyclic amines) is 1. The van der Waals surface area contributed by atoms with E-state index in [-0.39, 0.29) is 11.9 Å². The molecule has 0 bridgehead atoms. The molecule has 0 saturated carbocycles. The molecular formula is C10H16N2O2. The Bertz CT molecular complexity index is 268. The third-order valence-corrected chi connectivity index (χ3v) is 2.69. The van der Waals surface area contributed by atoms with Crippen molar-refractivity contribution in [1.82, 2.24) is 4.90 Å². The summed E-state index contributed by atoms with van der Waals surface area (Å²) in [4.78, 5) is 13.5. The van der Waals surface area contributed by atoms with Crippen molar-refractivity contribution in [2.24, 2.45) is 0 Å². The summed E-state index contributed by atoms with van der Waals surface area (Å²) in [5, 5.41) is 8.84. The van der Waals surface area contributed by atoms with E-state index in [4.69, 9.17) is 10.00 Å². The molecule has 78 valence electrons. The molecule has 1 atom stereocenters. The van der Waals surface area contributed by atoms with Gasteiger partial charge in [-0.2, -0.15) is 5.26 Å². The summed E-state index contributed by atoms with van der Waals surface area (Å²) in [7, 11) is 1.51. The highest BCUT2D eigenvalue weighted by Crippen LogP contribution is 2.22. The number of carbonyl (C=O) groups excluding carboxylic acids is 1. The Hall–Kier alpha value is -1.08. The molecule has 4 nitrogen and oxygen atoms in total. The van der Waals surface area contributed by atoms with Gasteiger partial charge in [0, 0.05) is 13.7 Å². The molecule has 0 aromatic carbocycles. The summed E-state index contributed by atoms with van der Waals surface area (Å²) in [5.74, 6) is -0.0935. The highest BCUT2D eigenvalue weighted by Gasteiger charge is 2.37. The van der Waals surface area contributed by atoms with E-state index in [0.717, 1.165) is 12.8 Å². The fraction of sp³-hybridized carbons (Fsp3) is 0.800. The maximum absolute atomic E-state index is 11.9. The largest absolute Gasteiger partial charge is 0.369 e. The van der Waals surface area contributed by atoms with Crippen molar-refractivity contribution in [3.8, 4) is 6.07 Å². The second-order valence-electron chi connectivity index (χ2n) is 4.00. The lowest BCUT2D eigenvalue weighted by Crippen LogP contribution is -2.48. The van der Waals surface area contributed by atoms with Gasteiger partial charge < -0.3 is 9.64 Å². The van der Waals surface area contributed by atoms with Crippen molar-refractivity contribution in [2.75, 3.05) is 13.7 Å². The standard InChI is InChI=1S/C10H16N2O2/c1-10(2,14-3)9(13)12-6-4-5-8(12)7-11/h8H,4-6H2,1-3H3. The van der Waals surface area contributed by atoms with E-state index in [1.807, 2.05) is 0 Å². The summed E-state index contributed by atoms with van der Waals surface area (Å²) >= 11 is 0. The average Bonchev–Trinajstić information content (AvgIpc) is 2.64. The minimum absolute atomic E-state index is 0.0935. The van der Waals surface area contributed by atoms with Gasteiger partial charge in [-0.05, 0) is 26.7 Å². The molecule has 1 aliphatic rings. The van der Waals surface area contributed by atoms with Crippen molar-refractivity contribution >= 4 is 5.91 Å². The zero-order chi connectivity index (χ0) is 10.8. The van der Waals surface area contributed by atoms with Crippen LogP contribution < -0.4 is 0 Å². The Kier molecular flexibility index (Phi) is 3.12. The first-order chi connectivity index (χ1) is 6.53. The molecule has 0 aromatic rings. The Labute approximate surface area is 84.4 Å². The van der Waals surface area contributed by atoms with Gasteiger partial charge in [0.25, 0.3) is 5.91 Å². The summed E-state index contributed by atoms with van der Waals surface area (Å²) in [6.45, 7) is 4.12. The predicted octanol–water partition coefficient (Wildman–Crippen LogP) is 0.926. The van der Waals surface area contributed by atoms with E-state index in [1.165, 1.54) is 7.11 Å². The van der Waals surface area contributed by atoms with Crippen molar-refractivity contribution in [3.63, 3.8) is 0 Å². The summed E-state index contributed by atoms with van der Waals surface area (Å²) in [6, 6.07) is 1.87. The zero-order valence-corrected chi connectivity index (χ0v) is 8.91. The molecule has 0 N–H and O–H groups in total. The lowest BCUT2D eigenvalue weighted by Gasteiger charge is -2.29. The third kappa shape index (κ3) is 1.88. The summed E-state index contributed by atoms with van der Waals surface area (Å²) < 4.78 is 5.10. The Morgan fingerprint density at radius 1 is 1.64 bits per heavy atom. The van der Waals surface area contributed by atoms with Gasteiger partial charge in [-0.25, -0.2) is 0 Å². The second kappa shape index (κ2) is 3.97. The van der Waals surface area contributed by atoms with Gasteiger partial charge in [0.1, 0.15) is 11.6 Å². The molecule has 0 spiro atoms. The molecule has 1 fully saturated rings. The number of nitriles is 1. The zero-order valence-electron chi connectivity index (χ0n) is 8.91. The smallest absolute Gasteiger partial charge is 0.255 e. The monoisotopic (exact) mass is 196 g/mol. The Balaban J connectivity index is 2.75. The molecule has 1 rings (SSSR count). The molecule has 1 aliphatic heterocycles. The molecule has 0 aliphatic carbocycles. The topological polar surface area (TPSA) is 53.3 Å². The fourth-order valence-corrected chi connectivity index (χ4v) is 1.58. The molecule has 1 unspecified atom stereocenters. The van der Waals surface area contributed by atoms with Crippen LogP contribution in [-0.4, -0.2) is 36.1 Å². The van der Waals surface area contributed by atoms with E-state index < -0.39 is 5.60 Å². The molecule has 0 aromatic heterocycles. The summed E-state index contributed by atoms with van der Waals surface area (Å²) in [6.07, 6.45) is 1.69. The minimum atomic E-state index is -0.820. The molecule has 1 heterocycles. The highest BCUT2D eigenvalue weighted by molar-refractivity contribution is 5.85. The van der Waals surface area contributed by atoms with Gasteiger partial charge in [0.15, 0.2) is 0 Å². The Morgan fingerprint density at radius 2 is 2.29 bits per heavy atom. The SMILES string of the molecule is COC(C)(C)C(=O)N1CCCC1C#N. The van der Waals surface area contributed by atoms with Crippen molar-refractivity contribution in [3.05, 3.63) is 0 Å². The predicted molar refractivity (Wildman–Crippen MR) is 51.4 cm³/mol. The highest BCUT2D eigenvalue weighted by atomic mass is 16.5. The number of carbonyl (C=O) groups is 1. The normalized spacial score (nSPS) is 22.1. The minimum Gasteiger partial charge on any atom is -0.369 e. The van der Waals surface area contributed by atoms with Crippen LogP contribution in [0.1, 0.15) is 26.7 Å². The fourth-order valence-electron chi connectivity index (χ4n) is 1.58.